The van der Waals surface area contributed by atoms with Crippen molar-refractivity contribution in [2.75, 3.05) is 13.7 Å². The Labute approximate surface area is 35.8 Å². The van der Waals surface area contributed by atoms with Gasteiger partial charge in [-0.1, -0.05) is 5.22 Å². The Morgan fingerprint density at radius 3 is 2.83 bits per heavy atom. The highest BCUT2D eigenvalue weighted by atomic mass is 15.8. The normalized spacial score (nSPS) is 19.8. The summed E-state index contributed by atoms with van der Waals surface area (Å²) >= 11 is 0. The van der Waals surface area contributed by atoms with Crippen LogP contribution in [0.3, 0.4) is 0 Å². The van der Waals surface area contributed by atoms with E-state index in [2.05, 4.69) is 15.8 Å². The Hall–Kier alpha value is -0.640. The predicted octanol–water partition coefficient (Wildman–Crippen LogP) is -0.239. The minimum Gasteiger partial charge on any atom is -0.213 e. The zero-order valence-corrected chi connectivity index (χ0v) is 3.55. The van der Waals surface area contributed by atoms with Gasteiger partial charge in [0, 0.05) is 7.05 Å². The Balaban J connectivity index is 2.38. The standard InChI is InChI=1S/C2H6N4/c1-6-4-2-3-5-6/h4H,2H2,1H3. The summed E-state index contributed by atoms with van der Waals surface area (Å²) in [6.07, 6.45) is 0. The molecule has 0 saturated carbocycles. The van der Waals surface area contributed by atoms with Crippen LogP contribution < -0.4 is 5.43 Å². The van der Waals surface area contributed by atoms with Gasteiger partial charge in [-0.3, -0.25) is 0 Å². The molecule has 0 aromatic carbocycles. The van der Waals surface area contributed by atoms with Crippen LogP contribution in [0.15, 0.2) is 10.3 Å². The third kappa shape index (κ3) is 0.463. The van der Waals surface area contributed by atoms with Crippen LogP contribution in [0.25, 0.3) is 0 Å². The van der Waals surface area contributed by atoms with Crippen LogP contribution in [0.5, 0.6) is 0 Å². The maximum atomic E-state index is 3.60. The number of hydrazine groups is 1. The molecule has 0 aromatic rings. The van der Waals surface area contributed by atoms with E-state index in [1.165, 1.54) is 0 Å². The molecule has 1 aliphatic heterocycles. The minimum absolute atomic E-state index is 0.622. The van der Waals surface area contributed by atoms with E-state index < -0.39 is 0 Å². The van der Waals surface area contributed by atoms with E-state index in [9.17, 15) is 0 Å². The second-order valence-electron chi connectivity index (χ2n) is 1.07. The molecule has 0 aliphatic carbocycles. The third-order valence-corrected chi connectivity index (χ3v) is 0.568. The average molecular weight is 86.1 g/mol. The molecule has 1 rings (SSSR count). The van der Waals surface area contributed by atoms with Gasteiger partial charge < -0.3 is 0 Å². The van der Waals surface area contributed by atoms with E-state index >= 15 is 0 Å². The molecule has 4 heteroatoms. The van der Waals surface area contributed by atoms with Crippen molar-refractivity contribution in [2.24, 2.45) is 10.3 Å². The lowest BCUT2D eigenvalue weighted by Crippen LogP contribution is -2.23. The smallest absolute Gasteiger partial charge is 0.130 e. The summed E-state index contributed by atoms with van der Waals surface area (Å²) in [6.45, 7) is 0.622. The van der Waals surface area contributed by atoms with Crippen LogP contribution in [-0.4, -0.2) is 18.8 Å². The summed E-state index contributed by atoms with van der Waals surface area (Å²) in [5, 5.41) is 8.76. The van der Waals surface area contributed by atoms with E-state index in [1.807, 2.05) is 0 Å². The fourth-order valence-electron chi connectivity index (χ4n) is 0.292. The molecule has 34 valence electrons. The van der Waals surface area contributed by atoms with Crippen molar-refractivity contribution in [1.29, 1.82) is 0 Å². The minimum atomic E-state index is 0.622. The van der Waals surface area contributed by atoms with Crippen molar-refractivity contribution in [3.63, 3.8) is 0 Å². The Morgan fingerprint density at radius 2 is 2.67 bits per heavy atom. The van der Waals surface area contributed by atoms with Gasteiger partial charge in [0.05, 0.1) is 0 Å². The van der Waals surface area contributed by atoms with Crippen LogP contribution in [0.2, 0.25) is 0 Å². The molecule has 1 aliphatic rings. The number of rotatable bonds is 0. The highest BCUT2D eigenvalue weighted by Crippen LogP contribution is 1.84. The molecule has 0 amide bonds. The van der Waals surface area contributed by atoms with Crippen LogP contribution in [0.1, 0.15) is 0 Å². The lowest BCUT2D eigenvalue weighted by molar-refractivity contribution is 0.289. The van der Waals surface area contributed by atoms with Gasteiger partial charge in [-0.2, -0.15) is 10.5 Å². The predicted molar refractivity (Wildman–Crippen MR) is 20.6 cm³/mol. The molecule has 0 saturated heterocycles. The lowest BCUT2D eigenvalue weighted by atomic mass is 11.2. The number of nitrogens with one attached hydrogen (secondary N) is 1. The maximum Gasteiger partial charge on any atom is 0.130 e. The van der Waals surface area contributed by atoms with E-state index in [-0.39, 0.29) is 0 Å². The van der Waals surface area contributed by atoms with Crippen molar-refractivity contribution >= 4 is 0 Å². The van der Waals surface area contributed by atoms with Gasteiger partial charge >= 0.3 is 0 Å². The van der Waals surface area contributed by atoms with Gasteiger partial charge in [0.1, 0.15) is 6.67 Å². The second-order valence-corrected chi connectivity index (χ2v) is 1.07. The van der Waals surface area contributed by atoms with E-state index in [0.29, 0.717) is 6.67 Å². The second kappa shape index (κ2) is 1.22. The molecule has 0 spiro atoms. The van der Waals surface area contributed by atoms with Gasteiger partial charge in [0.25, 0.3) is 0 Å². The van der Waals surface area contributed by atoms with E-state index in [4.69, 9.17) is 0 Å². The zero-order chi connectivity index (χ0) is 4.41. The Bertz CT molecular complexity index is 67.9. The first-order chi connectivity index (χ1) is 2.89. The molecule has 0 unspecified atom stereocenters. The quantitative estimate of drug-likeness (QED) is 0.442. The summed E-state index contributed by atoms with van der Waals surface area (Å²) in [4.78, 5) is 0. The van der Waals surface area contributed by atoms with Gasteiger partial charge in [0.15, 0.2) is 0 Å². The molecule has 4 nitrogen and oxygen atoms in total. The van der Waals surface area contributed by atoms with Crippen molar-refractivity contribution in [3.05, 3.63) is 0 Å². The monoisotopic (exact) mass is 86.1 g/mol. The molecule has 0 radical (unpaired) electrons. The molecule has 0 aromatic heterocycles. The van der Waals surface area contributed by atoms with Crippen LogP contribution in [0, 0.1) is 0 Å². The van der Waals surface area contributed by atoms with Crippen molar-refractivity contribution in [3.8, 4) is 0 Å². The molecule has 1 heterocycles. The summed E-state index contributed by atoms with van der Waals surface area (Å²) in [7, 11) is 1.80. The van der Waals surface area contributed by atoms with E-state index in [0.717, 1.165) is 0 Å². The fourth-order valence-corrected chi connectivity index (χ4v) is 0.292. The van der Waals surface area contributed by atoms with Crippen LogP contribution >= 0.6 is 0 Å². The fraction of sp³-hybridized carbons (Fsp3) is 1.00. The van der Waals surface area contributed by atoms with Crippen molar-refractivity contribution in [1.82, 2.24) is 10.5 Å². The first-order valence-electron chi connectivity index (χ1n) is 1.74. The lowest BCUT2D eigenvalue weighted by Gasteiger charge is -1.98. The summed E-state index contributed by atoms with van der Waals surface area (Å²) in [5.74, 6) is 0. The van der Waals surface area contributed by atoms with Crippen molar-refractivity contribution in [2.45, 2.75) is 0 Å². The van der Waals surface area contributed by atoms with Gasteiger partial charge in [-0.05, 0) is 0 Å². The number of hydrogen-bond donors (Lipinski definition) is 1. The highest BCUT2D eigenvalue weighted by Gasteiger charge is 1.93. The van der Waals surface area contributed by atoms with Crippen LogP contribution in [-0.2, 0) is 0 Å². The summed E-state index contributed by atoms with van der Waals surface area (Å²) in [5.41, 5.74) is 2.82. The number of hydrogen-bond acceptors (Lipinski definition) is 4. The molecule has 6 heavy (non-hydrogen) atoms. The largest absolute Gasteiger partial charge is 0.213 e. The van der Waals surface area contributed by atoms with E-state index in [1.54, 1.807) is 12.2 Å². The highest BCUT2D eigenvalue weighted by molar-refractivity contribution is 4.36. The SMILES string of the molecule is CN1N=NCN1. The molecule has 1 N–H and O–H groups in total. The molecule has 0 fully saturated rings. The first-order valence-corrected chi connectivity index (χ1v) is 1.74. The molecular formula is C2H6N4. The zero-order valence-electron chi connectivity index (χ0n) is 3.55. The van der Waals surface area contributed by atoms with Crippen molar-refractivity contribution < 1.29 is 0 Å². The molecule has 0 bridgehead atoms. The summed E-state index contributed by atoms with van der Waals surface area (Å²) < 4.78 is 0. The van der Waals surface area contributed by atoms with Gasteiger partial charge in [0.2, 0.25) is 0 Å². The Kier molecular flexibility index (Phi) is 0.719. The topological polar surface area (TPSA) is 40.0 Å². The molecular weight excluding hydrogens is 80.0 g/mol. The molecule has 0 atom stereocenters. The first kappa shape index (κ1) is 3.55. The Morgan fingerprint density at radius 1 is 1.83 bits per heavy atom. The number of nitrogens with zero attached hydrogens (tertiary/aromatic N) is 3. The average Bonchev–Trinajstić information content (AvgIpc) is 1.86. The third-order valence-electron chi connectivity index (χ3n) is 0.568. The van der Waals surface area contributed by atoms with Gasteiger partial charge in [-0.15, -0.1) is 0 Å². The van der Waals surface area contributed by atoms with Crippen LogP contribution in [0.4, 0.5) is 0 Å². The maximum absolute atomic E-state index is 3.60. The summed E-state index contributed by atoms with van der Waals surface area (Å²) in [6, 6.07) is 0. The van der Waals surface area contributed by atoms with Gasteiger partial charge in [-0.25, -0.2) is 5.12 Å².